The van der Waals surface area contributed by atoms with Crippen LogP contribution in [0.4, 0.5) is 0 Å². The maximum Gasteiger partial charge on any atom is 0.149 e. The second-order valence-corrected chi connectivity index (χ2v) is 17.2. The van der Waals surface area contributed by atoms with Crippen molar-refractivity contribution in [2.75, 3.05) is 0 Å². The van der Waals surface area contributed by atoms with Crippen LogP contribution in [0.15, 0.2) is 140 Å². The fourth-order valence-corrected chi connectivity index (χ4v) is 7.62. The number of phenols is 1. The molecule has 4 heteroatoms. The standard InChI is InChI=1S/C51H49N3O/c1-32(2)36-26-37(28-38(27-36)44-25-24-35(31-52-44)33-16-10-9-11-17-33)41-21-15-23-46-47(41)53-49(54(46)45-22-14-19-34-18-12-13-20-40(34)45)42-29-39(50(3,4)5)30-43(48(42)55)51(6,7)8/h9-32,55H,1-8H3. The molecule has 0 atom stereocenters. The van der Waals surface area contributed by atoms with Crippen molar-refractivity contribution < 1.29 is 5.11 Å². The van der Waals surface area contributed by atoms with Crippen LogP contribution in [0.25, 0.3) is 72.4 Å². The third-order valence-electron chi connectivity index (χ3n) is 10.8. The summed E-state index contributed by atoms with van der Waals surface area (Å²) in [5, 5.41) is 14.5. The molecule has 0 spiro atoms. The Labute approximate surface area is 325 Å². The van der Waals surface area contributed by atoms with E-state index in [-0.39, 0.29) is 16.6 Å². The predicted octanol–water partition coefficient (Wildman–Crippen LogP) is 13.7. The van der Waals surface area contributed by atoms with Crippen LogP contribution >= 0.6 is 0 Å². The smallest absolute Gasteiger partial charge is 0.149 e. The number of hydrogen-bond donors (Lipinski definition) is 1. The summed E-state index contributed by atoms with van der Waals surface area (Å²) < 4.78 is 2.26. The zero-order valence-electron chi connectivity index (χ0n) is 33.1. The normalized spacial score (nSPS) is 12.2. The number of aromatic nitrogens is 3. The molecule has 2 aromatic heterocycles. The Kier molecular flexibility index (Phi) is 8.96. The van der Waals surface area contributed by atoms with Gasteiger partial charge in [0, 0.05) is 33.8 Å². The molecule has 8 aromatic rings. The lowest BCUT2D eigenvalue weighted by atomic mass is 9.79. The zero-order chi connectivity index (χ0) is 38.6. The Morgan fingerprint density at radius 2 is 1.31 bits per heavy atom. The minimum atomic E-state index is -0.289. The maximum atomic E-state index is 12.3. The summed E-state index contributed by atoms with van der Waals surface area (Å²) in [7, 11) is 0. The van der Waals surface area contributed by atoms with Gasteiger partial charge in [0.1, 0.15) is 11.6 Å². The van der Waals surface area contributed by atoms with E-state index in [9.17, 15) is 5.11 Å². The van der Waals surface area contributed by atoms with Gasteiger partial charge in [-0.25, -0.2) is 4.98 Å². The summed E-state index contributed by atoms with van der Waals surface area (Å²) in [4.78, 5) is 10.5. The van der Waals surface area contributed by atoms with Gasteiger partial charge < -0.3 is 5.11 Å². The maximum absolute atomic E-state index is 12.3. The lowest BCUT2D eigenvalue weighted by molar-refractivity contribution is 0.446. The molecule has 2 heterocycles. The number of aromatic hydroxyl groups is 1. The quantitative estimate of drug-likeness (QED) is 0.186. The van der Waals surface area contributed by atoms with Gasteiger partial charge in [-0.1, -0.05) is 152 Å². The van der Waals surface area contributed by atoms with Crippen molar-refractivity contribution in [2.24, 2.45) is 0 Å². The molecule has 0 aliphatic heterocycles. The molecule has 4 nitrogen and oxygen atoms in total. The second kappa shape index (κ2) is 13.7. The summed E-state index contributed by atoms with van der Waals surface area (Å²) >= 11 is 0. The molecule has 274 valence electrons. The van der Waals surface area contributed by atoms with Crippen LogP contribution in [0.2, 0.25) is 0 Å². The molecule has 0 saturated heterocycles. The molecule has 0 saturated carbocycles. The van der Waals surface area contributed by atoms with Gasteiger partial charge in [0.2, 0.25) is 0 Å². The minimum Gasteiger partial charge on any atom is -0.507 e. The Hall–Kier alpha value is -6.00. The molecule has 1 N–H and O–H groups in total. The van der Waals surface area contributed by atoms with Crippen LogP contribution in [0, 0.1) is 0 Å². The fraction of sp³-hybridized carbons (Fsp3) is 0.216. The van der Waals surface area contributed by atoms with Gasteiger partial charge in [-0.2, -0.15) is 0 Å². The lowest BCUT2D eigenvalue weighted by Gasteiger charge is -2.27. The summed E-state index contributed by atoms with van der Waals surface area (Å²) in [6.45, 7) is 17.6. The first kappa shape index (κ1) is 36.0. The fourth-order valence-electron chi connectivity index (χ4n) is 7.62. The highest BCUT2D eigenvalue weighted by Gasteiger charge is 2.29. The van der Waals surface area contributed by atoms with Gasteiger partial charge in [0.05, 0.1) is 28.0 Å². The molecular formula is C51H49N3O. The molecule has 55 heavy (non-hydrogen) atoms. The highest BCUT2D eigenvalue weighted by molar-refractivity contribution is 5.99. The first-order chi connectivity index (χ1) is 26.3. The monoisotopic (exact) mass is 719 g/mol. The molecule has 0 bridgehead atoms. The van der Waals surface area contributed by atoms with Crippen molar-refractivity contribution in [3.8, 4) is 56.3 Å². The van der Waals surface area contributed by atoms with E-state index in [0.29, 0.717) is 11.7 Å². The van der Waals surface area contributed by atoms with Gasteiger partial charge in [-0.05, 0) is 80.8 Å². The molecule has 0 aliphatic carbocycles. The zero-order valence-corrected chi connectivity index (χ0v) is 33.1. The van der Waals surface area contributed by atoms with Crippen LogP contribution in [-0.2, 0) is 10.8 Å². The van der Waals surface area contributed by atoms with Gasteiger partial charge in [0.25, 0.3) is 0 Å². The van der Waals surface area contributed by atoms with Crippen LogP contribution in [0.1, 0.15) is 78.0 Å². The van der Waals surface area contributed by atoms with Crippen LogP contribution in [0.3, 0.4) is 0 Å². The third-order valence-corrected chi connectivity index (χ3v) is 10.8. The van der Waals surface area contributed by atoms with Gasteiger partial charge in [-0.3, -0.25) is 9.55 Å². The Morgan fingerprint density at radius 3 is 2.02 bits per heavy atom. The number of rotatable bonds is 6. The highest BCUT2D eigenvalue weighted by Crippen LogP contribution is 2.45. The van der Waals surface area contributed by atoms with E-state index in [1.54, 1.807) is 0 Å². The molecule has 0 fully saturated rings. The van der Waals surface area contributed by atoms with Crippen molar-refractivity contribution in [2.45, 2.75) is 72.1 Å². The summed E-state index contributed by atoms with van der Waals surface area (Å²) in [6.07, 6.45) is 1.97. The molecular weight excluding hydrogens is 671 g/mol. The second-order valence-electron chi connectivity index (χ2n) is 17.2. The lowest BCUT2D eigenvalue weighted by Crippen LogP contribution is -2.17. The van der Waals surface area contributed by atoms with E-state index in [1.165, 1.54) is 5.56 Å². The average molecular weight is 720 g/mol. The number of benzene rings is 6. The predicted molar refractivity (Wildman–Crippen MR) is 231 cm³/mol. The molecule has 8 rings (SSSR count). The summed E-state index contributed by atoms with van der Waals surface area (Å²) in [5.41, 5.74) is 12.8. The number of para-hydroxylation sites is 1. The topological polar surface area (TPSA) is 50.9 Å². The minimum absolute atomic E-state index is 0.148. The molecule has 0 amide bonds. The van der Waals surface area contributed by atoms with Crippen LogP contribution in [-0.4, -0.2) is 19.6 Å². The SMILES string of the molecule is CC(C)c1cc(-c2ccc(-c3ccccc3)cn2)cc(-c2cccc3c2nc(-c2cc(C(C)(C)C)cc(C(C)(C)C)c2O)n3-c2cccc3ccccc23)c1. The van der Waals surface area contributed by atoms with E-state index >= 15 is 0 Å². The molecule has 0 unspecified atom stereocenters. The summed E-state index contributed by atoms with van der Waals surface area (Å²) in [5.74, 6) is 1.29. The van der Waals surface area contributed by atoms with Gasteiger partial charge in [-0.15, -0.1) is 0 Å². The Morgan fingerprint density at radius 1 is 0.600 bits per heavy atom. The molecule has 6 aromatic carbocycles. The van der Waals surface area contributed by atoms with Crippen molar-refractivity contribution in [1.82, 2.24) is 14.5 Å². The number of nitrogens with zero attached hydrogens (tertiary/aromatic N) is 3. The van der Waals surface area contributed by atoms with Crippen LogP contribution in [0.5, 0.6) is 5.75 Å². The van der Waals surface area contributed by atoms with Crippen molar-refractivity contribution in [1.29, 1.82) is 0 Å². The largest absolute Gasteiger partial charge is 0.507 e. The number of hydrogen-bond acceptors (Lipinski definition) is 3. The number of imidazole rings is 1. The van der Waals surface area contributed by atoms with E-state index in [0.717, 1.165) is 77.7 Å². The molecule has 0 aliphatic rings. The van der Waals surface area contributed by atoms with E-state index < -0.39 is 0 Å². The van der Waals surface area contributed by atoms with E-state index in [4.69, 9.17) is 9.97 Å². The van der Waals surface area contributed by atoms with Crippen LogP contribution < -0.4 is 0 Å². The Bertz CT molecular complexity index is 2680. The number of fused-ring (bicyclic) bond motifs is 2. The first-order valence-corrected chi connectivity index (χ1v) is 19.3. The van der Waals surface area contributed by atoms with E-state index in [2.05, 4.69) is 187 Å². The molecule has 0 radical (unpaired) electrons. The highest BCUT2D eigenvalue weighted by atomic mass is 16.3. The average Bonchev–Trinajstić information content (AvgIpc) is 3.56. The van der Waals surface area contributed by atoms with E-state index in [1.807, 2.05) is 12.3 Å². The van der Waals surface area contributed by atoms with Crippen molar-refractivity contribution in [3.63, 3.8) is 0 Å². The number of phenolic OH excluding ortho intramolecular Hbond substituents is 1. The van der Waals surface area contributed by atoms with Gasteiger partial charge >= 0.3 is 0 Å². The first-order valence-electron chi connectivity index (χ1n) is 19.3. The number of pyridine rings is 1. The van der Waals surface area contributed by atoms with Gasteiger partial charge in [0.15, 0.2) is 0 Å². The Balaban J connectivity index is 1.40. The van der Waals surface area contributed by atoms with Crippen molar-refractivity contribution >= 4 is 21.8 Å². The van der Waals surface area contributed by atoms with Crippen molar-refractivity contribution in [3.05, 3.63) is 156 Å². The third kappa shape index (κ3) is 6.71. The summed E-state index contributed by atoms with van der Waals surface area (Å²) in [6, 6.07) is 47.2.